The number of carbonyl (C=O) groups excluding carboxylic acids is 1. The highest BCUT2D eigenvalue weighted by atomic mass is 16.4. The average Bonchev–Trinajstić information content (AvgIpc) is 2.68. The van der Waals surface area contributed by atoms with Crippen LogP contribution in [0.4, 0.5) is 0 Å². The highest BCUT2D eigenvalue weighted by molar-refractivity contribution is 5.77. The zero-order valence-corrected chi connectivity index (χ0v) is 20.7. The summed E-state index contributed by atoms with van der Waals surface area (Å²) in [6.45, 7) is 10.7. The van der Waals surface area contributed by atoms with E-state index in [0.717, 1.165) is 38.5 Å². The number of unbranched alkanes of at least 4 members (excludes halogenated alkanes) is 9. The van der Waals surface area contributed by atoms with Crippen molar-refractivity contribution in [2.24, 2.45) is 17.3 Å². The van der Waals surface area contributed by atoms with Crippen LogP contribution < -0.4 is 0 Å². The first-order valence-corrected chi connectivity index (χ1v) is 12.6. The Bertz CT molecular complexity index is 473. The van der Waals surface area contributed by atoms with Gasteiger partial charge in [-0.1, -0.05) is 98.1 Å². The third-order valence-electron chi connectivity index (χ3n) is 6.27. The second-order valence-electron chi connectivity index (χ2n) is 10.1. The van der Waals surface area contributed by atoms with E-state index in [1.807, 2.05) is 6.92 Å². The molecule has 0 radical (unpaired) electrons. The standard InChI is InChI=1S/C27H50O3/c1-6-8-9-10-11-12-13-16-19-23(25(22-26(29)30)27(3,4)5)20-17-14-15-18-21-24(28)7-2/h16,19,23,25H,6-15,17-18,20-22H2,1-5H3,(H,29,30)/b19-16+. The monoisotopic (exact) mass is 422 g/mol. The van der Waals surface area contributed by atoms with Crippen LogP contribution in [0.2, 0.25) is 0 Å². The molecule has 0 amide bonds. The maximum atomic E-state index is 11.5. The van der Waals surface area contributed by atoms with Gasteiger partial charge in [0.1, 0.15) is 5.78 Å². The number of hydrogen-bond acceptors (Lipinski definition) is 2. The molecule has 0 aromatic carbocycles. The van der Waals surface area contributed by atoms with Crippen LogP contribution in [0.5, 0.6) is 0 Å². The molecule has 0 rings (SSSR count). The van der Waals surface area contributed by atoms with Crippen LogP contribution in [-0.4, -0.2) is 16.9 Å². The van der Waals surface area contributed by atoms with Crippen LogP contribution in [0.25, 0.3) is 0 Å². The molecule has 0 aromatic rings. The second-order valence-corrected chi connectivity index (χ2v) is 10.1. The van der Waals surface area contributed by atoms with Gasteiger partial charge in [0.15, 0.2) is 0 Å². The zero-order valence-electron chi connectivity index (χ0n) is 20.7. The number of carboxylic acid groups (broad SMARTS) is 1. The molecule has 1 N–H and O–H groups in total. The number of carboxylic acids is 1. The van der Waals surface area contributed by atoms with Gasteiger partial charge in [0, 0.05) is 19.3 Å². The maximum Gasteiger partial charge on any atom is 0.303 e. The third kappa shape index (κ3) is 15.7. The molecular formula is C27H50O3. The van der Waals surface area contributed by atoms with Crippen molar-refractivity contribution in [3.05, 3.63) is 12.2 Å². The smallest absolute Gasteiger partial charge is 0.303 e. The molecular weight excluding hydrogens is 372 g/mol. The third-order valence-corrected chi connectivity index (χ3v) is 6.27. The van der Waals surface area contributed by atoms with Gasteiger partial charge in [0.25, 0.3) is 0 Å². The Labute approximate surface area is 187 Å². The van der Waals surface area contributed by atoms with Crippen molar-refractivity contribution in [3.8, 4) is 0 Å². The Morgan fingerprint density at radius 1 is 0.867 bits per heavy atom. The van der Waals surface area contributed by atoms with E-state index in [2.05, 4.69) is 39.8 Å². The lowest BCUT2D eigenvalue weighted by atomic mass is 9.69. The summed E-state index contributed by atoms with van der Waals surface area (Å²) in [5, 5.41) is 9.47. The van der Waals surface area contributed by atoms with E-state index >= 15 is 0 Å². The van der Waals surface area contributed by atoms with Gasteiger partial charge in [-0.2, -0.15) is 0 Å². The van der Waals surface area contributed by atoms with Gasteiger partial charge in [-0.25, -0.2) is 0 Å². The van der Waals surface area contributed by atoms with Crippen molar-refractivity contribution in [1.82, 2.24) is 0 Å². The number of allylic oxidation sites excluding steroid dienone is 2. The molecule has 0 aromatic heterocycles. The van der Waals surface area contributed by atoms with Crippen LogP contribution in [0, 0.1) is 17.3 Å². The summed E-state index contributed by atoms with van der Waals surface area (Å²) in [4.78, 5) is 22.9. The summed E-state index contributed by atoms with van der Waals surface area (Å²) in [6, 6.07) is 0. The summed E-state index contributed by atoms with van der Waals surface area (Å²) in [5.74, 6) is 0.137. The molecule has 0 aliphatic heterocycles. The van der Waals surface area contributed by atoms with E-state index in [-0.39, 0.29) is 17.8 Å². The number of ketones is 1. The van der Waals surface area contributed by atoms with E-state index in [1.165, 1.54) is 38.5 Å². The average molecular weight is 423 g/mol. The van der Waals surface area contributed by atoms with Crippen LogP contribution >= 0.6 is 0 Å². The van der Waals surface area contributed by atoms with Gasteiger partial charge in [-0.3, -0.25) is 9.59 Å². The van der Waals surface area contributed by atoms with Crippen LogP contribution in [-0.2, 0) is 9.59 Å². The highest BCUT2D eigenvalue weighted by Gasteiger charge is 2.32. The Morgan fingerprint density at radius 2 is 1.47 bits per heavy atom. The first kappa shape index (κ1) is 28.9. The maximum absolute atomic E-state index is 11.5. The molecule has 0 fully saturated rings. The highest BCUT2D eigenvalue weighted by Crippen LogP contribution is 2.38. The Hall–Kier alpha value is -1.12. The topological polar surface area (TPSA) is 54.4 Å². The molecule has 0 aliphatic rings. The van der Waals surface area contributed by atoms with E-state index in [9.17, 15) is 14.7 Å². The summed E-state index contributed by atoms with van der Waals surface area (Å²) in [5.41, 5.74) is -0.0267. The predicted octanol–water partition coefficient (Wildman–Crippen LogP) is 8.37. The largest absolute Gasteiger partial charge is 0.481 e. The fourth-order valence-corrected chi connectivity index (χ4v) is 4.27. The molecule has 176 valence electrons. The quantitative estimate of drug-likeness (QED) is 0.168. The van der Waals surface area contributed by atoms with Crippen molar-refractivity contribution in [3.63, 3.8) is 0 Å². The SMILES string of the molecule is CCCCCCCC/C=C/C(CCCCCCC(=O)CC)C(CC(=O)O)C(C)(C)C. The molecule has 0 saturated heterocycles. The van der Waals surface area contributed by atoms with Crippen LogP contribution in [0.3, 0.4) is 0 Å². The minimum atomic E-state index is -0.692. The summed E-state index contributed by atoms with van der Waals surface area (Å²) >= 11 is 0. The summed E-state index contributed by atoms with van der Waals surface area (Å²) in [6.07, 6.45) is 20.5. The van der Waals surface area contributed by atoms with Gasteiger partial charge in [-0.15, -0.1) is 0 Å². The molecule has 3 heteroatoms. The fourth-order valence-electron chi connectivity index (χ4n) is 4.27. The molecule has 0 saturated carbocycles. The van der Waals surface area contributed by atoms with Crippen LogP contribution in [0.1, 0.15) is 131 Å². The molecule has 0 aliphatic carbocycles. The van der Waals surface area contributed by atoms with E-state index in [1.54, 1.807) is 0 Å². The number of hydrogen-bond donors (Lipinski definition) is 1. The first-order chi connectivity index (χ1) is 14.2. The van der Waals surface area contributed by atoms with Crippen LogP contribution in [0.15, 0.2) is 12.2 Å². The van der Waals surface area contributed by atoms with E-state index < -0.39 is 5.97 Å². The summed E-state index contributed by atoms with van der Waals surface area (Å²) in [7, 11) is 0. The predicted molar refractivity (Wildman–Crippen MR) is 129 cm³/mol. The lowest BCUT2D eigenvalue weighted by molar-refractivity contribution is -0.139. The van der Waals surface area contributed by atoms with Crippen molar-refractivity contribution >= 4 is 11.8 Å². The van der Waals surface area contributed by atoms with E-state index in [0.29, 0.717) is 24.5 Å². The fraction of sp³-hybridized carbons (Fsp3) is 0.852. The Morgan fingerprint density at radius 3 is 2.07 bits per heavy atom. The zero-order chi connectivity index (χ0) is 22.8. The molecule has 30 heavy (non-hydrogen) atoms. The number of carbonyl (C=O) groups is 2. The second kappa shape index (κ2) is 17.5. The van der Waals surface area contributed by atoms with Gasteiger partial charge in [-0.05, 0) is 42.9 Å². The lowest BCUT2D eigenvalue weighted by Crippen LogP contribution is -2.29. The molecule has 3 nitrogen and oxygen atoms in total. The van der Waals surface area contributed by atoms with E-state index in [4.69, 9.17) is 0 Å². The lowest BCUT2D eigenvalue weighted by Gasteiger charge is -2.35. The van der Waals surface area contributed by atoms with Gasteiger partial charge >= 0.3 is 5.97 Å². The van der Waals surface area contributed by atoms with Crippen molar-refractivity contribution in [1.29, 1.82) is 0 Å². The number of Topliss-reactive ketones (excluding diaryl/α,β-unsaturated/α-hetero) is 1. The van der Waals surface area contributed by atoms with Gasteiger partial charge in [0.2, 0.25) is 0 Å². The molecule has 2 atom stereocenters. The Kier molecular flexibility index (Phi) is 16.9. The summed E-state index contributed by atoms with van der Waals surface area (Å²) < 4.78 is 0. The van der Waals surface area contributed by atoms with Crippen molar-refractivity contribution in [2.45, 2.75) is 131 Å². The van der Waals surface area contributed by atoms with Crippen molar-refractivity contribution < 1.29 is 14.7 Å². The number of aliphatic carboxylic acids is 1. The number of rotatable bonds is 19. The normalized spacial score (nSPS) is 14.2. The van der Waals surface area contributed by atoms with Gasteiger partial charge in [0.05, 0.1) is 0 Å². The van der Waals surface area contributed by atoms with Gasteiger partial charge < -0.3 is 5.11 Å². The first-order valence-electron chi connectivity index (χ1n) is 12.6. The minimum Gasteiger partial charge on any atom is -0.481 e. The molecule has 0 spiro atoms. The Balaban J connectivity index is 4.65. The molecule has 0 heterocycles. The molecule has 0 bridgehead atoms. The molecule has 2 unspecified atom stereocenters. The minimum absolute atomic E-state index is 0.0267. The van der Waals surface area contributed by atoms with Crippen molar-refractivity contribution in [2.75, 3.05) is 0 Å².